The molecule has 1 saturated carbocycles. The molecule has 2 N–H and O–H groups in total. The smallest absolute Gasteiger partial charge is 0.159 e. The molecule has 1 aromatic rings. The fourth-order valence-corrected chi connectivity index (χ4v) is 1.95. The van der Waals surface area contributed by atoms with Gasteiger partial charge in [-0.15, -0.1) is 0 Å². The lowest BCUT2D eigenvalue weighted by Gasteiger charge is -2.19. The Morgan fingerprint density at radius 3 is 2.36 bits per heavy atom. The van der Waals surface area contributed by atoms with Crippen molar-refractivity contribution in [3.8, 4) is 0 Å². The molecule has 0 amide bonds. The van der Waals surface area contributed by atoms with Crippen LogP contribution < -0.4 is 5.73 Å². The number of benzene rings is 1. The number of halogens is 2. The summed E-state index contributed by atoms with van der Waals surface area (Å²) < 4.78 is 25.7. The van der Waals surface area contributed by atoms with Crippen molar-refractivity contribution in [1.82, 2.24) is 0 Å². The van der Waals surface area contributed by atoms with E-state index in [1.807, 2.05) is 6.92 Å². The van der Waals surface area contributed by atoms with Crippen LogP contribution in [0.3, 0.4) is 0 Å². The van der Waals surface area contributed by atoms with E-state index in [2.05, 4.69) is 0 Å². The lowest BCUT2D eigenvalue weighted by atomic mass is 9.89. The Bertz CT molecular complexity index is 356. The minimum absolute atomic E-state index is 0.00707. The van der Waals surface area contributed by atoms with E-state index in [-0.39, 0.29) is 11.5 Å². The Morgan fingerprint density at radius 2 is 1.93 bits per heavy atom. The molecule has 76 valence electrons. The van der Waals surface area contributed by atoms with E-state index in [1.165, 1.54) is 12.1 Å². The second kappa shape index (κ2) is 3.02. The van der Waals surface area contributed by atoms with Gasteiger partial charge in [-0.05, 0) is 37.5 Å². The van der Waals surface area contributed by atoms with Gasteiger partial charge in [0.15, 0.2) is 11.6 Å². The Kier molecular flexibility index (Phi) is 2.07. The molecule has 0 spiro atoms. The molecule has 0 aliphatic heterocycles. The highest BCUT2D eigenvalue weighted by molar-refractivity contribution is 5.34. The van der Waals surface area contributed by atoms with Gasteiger partial charge in [0.25, 0.3) is 0 Å². The maximum absolute atomic E-state index is 13.0. The Labute approximate surface area is 81.9 Å². The van der Waals surface area contributed by atoms with E-state index >= 15 is 0 Å². The molecule has 1 unspecified atom stereocenters. The van der Waals surface area contributed by atoms with E-state index in [0.29, 0.717) is 0 Å². The average Bonchev–Trinajstić information content (AvgIpc) is 2.90. The van der Waals surface area contributed by atoms with Gasteiger partial charge in [-0.1, -0.05) is 6.07 Å². The molecule has 1 fully saturated rings. The second-order valence-electron chi connectivity index (χ2n) is 4.07. The first-order chi connectivity index (χ1) is 6.56. The molecule has 14 heavy (non-hydrogen) atoms. The molecule has 2 rings (SSSR count). The number of hydrogen-bond acceptors (Lipinski definition) is 1. The van der Waals surface area contributed by atoms with E-state index in [9.17, 15) is 8.78 Å². The molecule has 0 saturated heterocycles. The number of hydrogen-bond donors (Lipinski definition) is 1. The summed E-state index contributed by atoms with van der Waals surface area (Å²) in [4.78, 5) is 0. The maximum Gasteiger partial charge on any atom is 0.159 e. The summed E-state index contributed by atoms with van der Waals surface area (Å²) in [6.07, 6.45) is 1.94. The van der Waals surface area contributed by atoms with Gasteiger partial charge in [0.2, 0.25) is 0 Å². The lowest BCUT2D eigenvalue weighted by molar-refractivity contribution is 0.497. The molecular weight excluding hydrogens is 184 g/mol. The average molecular weight is 197 g/mol. The van der Waals surface area contributed by atoms with E-state index in [0.717, 1.165) is 18.4 Å². The van der Waals surface area contributed by atoms with Crippen molar-refractivity contribution in [3.63, 3.8) is 0 Å². The van der Waals surface area contributed by atoms with Gasteiger partial charge in [0, 0.05) is 11.5 Å². The standard InChI is InChI=1S/C11H13F2N/c1-7(14)11(4-5-11)8-2-3-9(12)10(13)6-8/h2-3,6-7H,4-5,14H2,1H3. The van der Waals surface area contributed by atoms with Crippen molar-refractivity contribution in [1.29, 1.82) is 0 Å². The molecular formula is C11H13F2N. The van der Waals surface area contributed by atoms with Gasteiger partial charge in [-0.3, -0.25) is 0 Å². The first kappa shape index (κ1) is 9.59. The van der Waals surface area contributed by atoms with Crippen LogP contribution in [0.25, 0.3) is 0 Å². The Balaban J connectivity index is 2.38. The Hall–Kier alpha value is -0.960. The topological polar surface area (TPSA) is 26.0 Å². The largest absolute Gasteiger partial charge is 0.327 e. The zero-order chi connectivity index (χ0) is 10.3. The fraction of sp³-hybridized carbons (Fsp3) is 0.455. The molecule has 1 aliphatic carbocycles. The van der Waals surface area contributed by atoms with Gasteiger partial charge < -0.3 is 5.73 Å². The first-order valence-corrected chi connectivity index (χ1v) is 4.77. The van der Waals surface area contributed by atoms with Gasteiger partial charge in [-0.25, -0.2) is 8.78 Å². The number of nitrogens with two attached hydrogens (primary N) is 1. The molecule has 0 aromatic heterocycles. The van der Waals surface area contributed by atoms with Gasteiger partial charge in [0.05, 0.1) is 0 Å². The van der Waals surface area contributed by atoms with Crippen molar-refractivity contribution in [3.05, 3.63) is 35.4 Å². The monoisotopic (exact) mass is 197 g/mol. The lowest BCUT2D eigenvalue weighted by Crippen LogP contribution is -2.31. The van der Waals surface area contributed by atoms with Crippen molar-refractivity contribution >= 4 is 0 Å². The SMILES string of the molecule is CC(N)C1(c2ccc(F)c(F)c2)CC1. The molecule has 0 radical (unpaired) electrons. The van der Waals surface area contributed by atoms with Crippen LogP contribution in [0.15, 0.2) is 18.2 Å². The highest BCUT2D eigenvalue weighted by Gasteiger charge is 2.47. The summed E-state index contributed by atoms with van der Waals surface area (Å²) >= 11 is 0. The molecule has 1 nitrogen and oxygen atoms in total. The number of rotatable bonds is 2. The molecule has 1 aromatic carbocycles. The molecule has 0 bridgehead atoms. The van der Waals surface area contributed by atoms with Crippen LogP contribution in [0, 0.1) is 11.6 Å². The van der Waals surface area contributed by atoms with Crippen molar-refractivity contribution in [2.45, 2.75) is 31.2 Å². The first-order valence-electron chi connectivity index (χ1n) is 4.77. The molecule has 0 heterocycles. The molecule has 1 aliphatic rings. The molecule has 1 atom stereocenters. The summed E-state index contributed by atoms with van der Waals surface area (Å²) in [5.74, 6) is -1.58. The highest BCUT2D eigenvalue weighted by atomic mass is 19.2. The van der Waals surface area contributed by atoms with Crippen molar-refractivity contribution in [2.75, 3.05) is 0 Å². The van der Waals surface area contributed by atoms with Crippen LogP contribution >= 0.6 is 0 Å². The minimum atomic E-state index is -0.797. The zero-order valence-corrected chi connectivity index (χ0v) is 8.06. The van der Waals surface area contributed by atoms with E-state index in [4.69, 9.17) is 5.73 Å². The quantitative estimate of drug-likeness (QED) is 0.773. The van der Waals surface area contributed by atoms with Crippen LogP contribution in [-0.2, 0) is 5.41 Å². The van der Waals surface area contributed by atoms with Crippen LogP contribution in [0.4, 0.5) is 8.78 Å². The van der Waals surface area contributed by atoms with E-state index < -0.39 is 11.6 Å². The molecule has 3 heteroatoms. The summed E-state index contributed by atoms with van der Waals surface area (Å²) in [5.41, 5.74) is 6.56. The van der Waals surface area contributed by atoms with Crippen LogP contribution in [0.1, 0.15) is 25.3 Å². The summed E-state index contributed by atoms with van der Waals surface area (Å²) in [5, 5.41) is 0. The normalized spacial score (nSPS) is 20.6. The van der Waals surface area contributed by atoms with Crippen LogP contribution in [-0.4, -0.2) is 6.04 Å². The second-order valence-corrected chi connectivity index (χ2v) is 4.07. The highest BCUT2D eigenvalue weighted by Crippen LogP contribution is 2.50. The summed E-state index contributed by atoms with van der Waals surface area (Å²) in [6.45, 7) is 1.91. The fourth-order valence-electron chi connectivity index (χ4n) is 1.95. The van der Waals surface area contributed by atoms with Crippen LogP contribution in [0.2, 0.25) is 0 Å². The summed E-state index contributed by atoms with van der Waals surface area (Å²) in [7, 11) is 0. The predicted molar refractivity (Wildman–Crippen MR) is 50.9 cm³/mol. The summed E-state index contributed by atoms with van der Waals surface area (Å²) in [6, 6.07) is 4.07. The maximum atomic E-state index is 13.0. The zero-order valence-electron chi connectivity index (χ0n) is 8.06. The van der Waals surface area contributed by atoms with E-state index in [1.54, 1.807) is 6.07 Å². The third-order valence-corrected chi connectivity index (χ3v) is 3.15. The minimum Gasteiger partial charge on any atom is -0.327 e. The van der Waals surface area contributed by atoms with Crippen LogP contribution in [0.5, 0.6) is 0 Å². The van der Waals surface area contributed by atoms with Crippen molar-refractivity contribution < 1.29 is 8.78 Å². The predicted octanol–water partition coefficient (Wildman–Crippen LogP) is 2.34. The third-order valence-electron chi connectivity index (χ3n) is 3.15. The van der Waals surface area contributed by atoms with Gasteiger partial charge in [-0.2, -0.15) is 0 Å². The van der Waals surface area contributed by atoms with Gasteiger partial charge in [0.1, 0.15) is 0 Å². The Morgan fingerprint density at radius 1 is 1.29 bits per heavy atom. The third kappa shape index (κ3) is 1.32. The van der Waals surface area contributed by atoms with Crippen molar-refractivity contribution in [2.24, 2.45) is 5.73 Å². The van der Waals surface area contributed by atoms with Gasteiger partial charge >= 0.3 is 0 Å².